The Kier molecular flexibility index (Phi) is 4.80. The van der Waals surface area contributed by atoms with Crippen LogP contribution < -0.4 is 0 Å². The predicted molar refractivity (Wildman–Crippen MR) is 96.5 cm³/mol. The summed E-state index contributed by atoms with van der Waals surface area (Å²) < 4.78 is 1.57. The lowest BCUT2D eigenvalue weighted by Gasteiger charge is -2.07. The minimum atomic E-state index is -0.958. The Labute approximate surface area is 150 Å². The number of aromatic nitrogens is 1. The average molecular weight is 347 g/mol. The zero-order chi connectivity index (χ0) is 18.7. The molecular weight excluding hydrogens is 330 g/mol. The van der Waals surface area contributed by atoms with E-state index >= 15 is 0 Å². The highest BCUT2D eigenvalue weighted by atomic mass is 16.4. The topological polar surface area (TPSA) is 76.4 Å². The first-order valence-corrected chi connectivity index (χ1v) is 8.08. The van der Waals surface area contributed by atoms with Gasteiger partial charge < -0.3 is 9.67 Å². The van der Waals surface area contributed by atoms with Gasteiger partial charge in [-0.2, -0.15) is 0 Å². The molecule has 5 heteroatoms. The van der Waals surface area contributed by atoms with Gasteiger partial charge in [-0.1, -0.05) is 48.5 Å². The molecule has 3 rings (SSSR count). The van der Waals surface area contributed by atoms with Crippen molar-refractivity contribution in [2.45, 2.75) is 6.42 Å². The van der Waals surface area contributed by atoms with Gasteiger partial charge in [-0.15, -0.1) is 0 Å². The van der Waals surface area contributed by atoms with Crippen molar-refractivity contribution in [3.63, 3.8) is 0 Å². The molecule has 0 saturated heterocycles. The summed E-state index contributed by atoms with van der Waals surface area (Å²) in [6.07, 6.45) is -0.156. The van der Waals surface area contributed by atoms with E-state index in [2.05, 4.69) is 0 Å². The van der Waals surface area contributed by atoms with E-state index in [1.807, 2.05) is 6.07 Å². The van der Waals surface area contributed by atoms with Crippen molar-refractivity contribution in [2.24, 2.45) is 7.05 Å². The Morgan fingerprint density at radius 3 is 2.08 bits per heavy atom. The molecule has 130 valence electrons. The van der Waals surface area contributed by atoms with Crippen molar-refractivity contribution in [1.82, 2.24) is 4.57 Å². The van der Waals surface area contributed by atoms with Gasteiger partial charge in [0.25, 0.3) is 0 Å². The standard InChI is InChI=1S/C21H17NO4/c1-22-17(13-19(23)24)10-11-18(22)21(26)16-9-5-8-15(12-16)20(25)14-6-3-2-4-7-14/h2-12H,13H2,1H3,(H,23,24). The maximum atomic E-state index is 12.8. The number of ketones is 2. The Balaban J connectivity index is 1.91. The number of carboxylic acid groups (broad SMARTS) is 1. The molecule has 0 radical (unpaired) electrons. The smallest absolute Gasteiger partial charge is 0.309 e. The Hall–Kier alpha value is -3.47. The first kappa shape index (κ1) is 17.4. The molecule has 0 saturated carbocycles. The van der Waals surface area contributed by atoms with Gasteiger partial charge in [-0.3, -0.25) is 14.4 Å². The third kappa shape index (κ3) is 3.47. The molecule has 5 nitrogen and oxygen atoms in total. The van der Waals surface area contributed by atoms with Crippen LogP contribution in [-0.4, -0.2) is 27.2 Å². The molecular formula is C21H17NO4. The van der Waals surface area contributed by atoms with E-state index in [0.717, 1.165) is 0 Å². The Morgan fingerprint density at radius 1 is 0.808 bits per heavy atom. The fraction of sp³-hybridized carbons (Fsp3) is 0.0952. The number of carbonyl (C=O) groups excluding carboxylic acids is 2. The SMILES string of the molecule is Cn1c(CC(=O)O)ccc1C(=O)c1cccc(C(=O)c2ccccc2)c1. The maximum Gasteiger partial charge on any atom is 0.309 e. The lowest BCUT2D eigenvalue weighted by atomic mass is 9.99. The van der Waals surface area contributed by atoms with Gasteiger partial charge in [0.05, 0.1) is 12.1 Å². The second kappa shape index (κ2) is 7.19. The quantitative estimate of drug-likeness (QED) is 0.695. The maximum absolute atomic E-state index is 12.8. The lowest BCUT2D eigenvalue weighted by Crippen LogP contribution is -2.12. The van der Waals surface area contributed by atoms with Crippen LogP contribution in [0.3, 0.4) is 0 Å². The summed E-state index contributed by atoms with van der Waals surface area (Å²) in [7, 11) is 1.66. The lowest BCUT2D eigenvalue weighted by molar-refractivity contribution is -0.136. The highest BCUT2D eigenvalue weighted by Gasteiger charge is 2.17. The molecule has 1 heterocycles. The van der Waals surface area contributed by atoms with E-state index in [-0.39, 0.29) is 18.0 Å². The monoisotopic (exact) mass is 347 g/mol. The van der Waals surface area contributed by atoms with Crippen LogP contribution in [0.4, 0.5) is 0 Å². The highest BCUT2D eigenvalue weighted by molar-refractivity contribution is 6.12. The van der Waals surface area contributed by atoms with E-state index in [4.69, 9.17) is 5.11 Å². The normalized spacial score (nSPS) is 10.5. The third-order valence-electron chi connectivity index (χ3n) is 4.21. The first-order chi connectivity index (χ1) is 12.5. The minimum absolute atomic E-state index is 0.154. The molecule has 0 aliphatic rings. The summed E-state index contributed by atoms with van der Waals surface area (Å²) in [6.45, 7) is 0. The van der Waals surface area contributed by atoms with Crippen molar-refractivity contribution in [1.29, 1.82) is 0 Å². The van der Waals surface area contributed by atoms with Crippen molar-refractivity contribution < 1.29 is 19.5 Å². The molecule has 0 unspecified atom stereocenters. The molecule has 0 bridgehead atoms. The van der Waals surface area contributed by atoms with E-state index < -0.39 is 5.97 Å². The van der Waals surface area contributed by atoms with Crippen LogP contribution in [0.5, 0.6) is 0 Å². The molecule has 0 spiro atoms. The number of aliphatic carboxylic acids is 1. The first-order valence-electron chi connectivity index (χ1n) is 8.08. The van der Waals surface area contributed by atoms with Crippen LogP contribution in [-0.2, 0) is 18.3 Å². The van der Waals surface area contributed by atoms with Gasteiger partial charge in [-0.25, -0.2) is 0 Å². The van der Waals surface area contributed by atoms with Gasteiger partial charge in [0.2, 0.25) is 5.78 Å². The summed E-state index contributed by atoms with van der Waals surface area (Å²) in [6, 6.07) is 18.7. The zero-order valence-electron chi connectivity index (χ0n) is 14.2. The largest absolute Gasteiger partial charge is 0.481 e. The van der Waals surface area contributed by atoms with Crippen molar-refractivity contribution in [3.05, 3.63) is 94.8 Å². The minimum Gasteiger partial charge on any atom is -0.481 e. The number of nitrogens with zero attached hydrogens (tertiary/aromatic N) is 1. The fourth-order valence-corrected chi connectivity index (χ4v) is 2.82. The molecule has 0 atom stereocenters. The highest BCUT2D eigenvalue weighted by Crippen LogP contribution is 2.17. The summed E-state index contributed by atoms with van der Waals surface area (Å²) >= 11 is 0. The van der Waals surface area contributed by atoms with Crippen molar-refractivity contribution in [3.8, 4) is 0 Å². The van der Waals surface area contributed by atoms with Crippen LogP contribution in [0.1, 0.15) is 37.7 Å². The molecule has 0 amide bonds. The van der Waals surface area contributed by atoms with Crippen molar-refractivity contribution >= 4 is 17.5 Å². The van der Waals surface area contributed by atoms with Crippen LogP contribution >= 0.6 is 0 Å². The summed E-state index contributed by atoms with van der Waals surface area (Å²) in [4.78, 5) is 36.3. The van der Waals surface area contributed by atoms with Crippen LogP contribution in [0.2, 0.25) is 0 Å². The van der Waals surface area contributed by atoms with Crippen LogP contribution in [0.25, 0.3) is 0 Å². The third-order valence-corrected chi connectivity index (χ3v) is 4.21. The molecule has 2 aromatic carbocycles. The summed E-state index contributed by atoms with van der Waals surface area (Å²) in [5.74, 6) is -1.37. The molecule has 0 aliphatic carbocycles. The van der Waals surface area contributed by atoms with E-state index in [0.29, 0.717) is 28.1 Å². The number of hydrogen-bond acceptors (Lipinski definition) is 3. The number of hydrogen-bond donors (Lipinski definition) is 1. The molecule has 0 aliphatic heterocycles. The predicted octanol–water partition coefficient (Wildman–Crippen LogP) is 3.11. The van der Waals surface area contributed by atoms with Gasteiger partial charge in [-0.05, 0) is 18.2 Å². The van der Waals surface area contributed by atoms with E-state index in [1.54, 1.807) is 72.3 Å². The van der Waals surface area contributed by atoms with Crippen LogP contribution in [0.15, 0.2) is 66.7 Å². The molecule has 1 aromatic heterocycles. The number of rotatable bonds is 6. The second-order valence-corrected chi connectivity index (χ2v) is 5.94. The molecule has 0 fully saturated rings. The van der Waals surface area contributed by atoms with E-state index in [1.165, 1.54) is 0 Å². The Morgan fingerprint density at radius 2 is 1.42 bits per heavy atom. The average Bonchev–Trinajstić information content (AvgIpc) is 3.01. The number of benzene rings is 2. The molecule has 26 heavy (non-hydrogen) atoms. The van der Waals surface area contributed by atoms with Gasteiger partial charge in [0, 0.05) is 29.4 Å². The molecule has 3 aromatic rings. The summed E-state index contributed by atoms with van der Waals surface area (Å²) in [5.41, 5.74) is 2.29. The van der Waals surface area contributed by atoms with Crippen molar-refractivity contribution in [2.75, 3.05) is 0 Å². The van der Waals surface area contributed by atoms with E-state index in [9.17, 15) is 14.4 Å². The van der Waals surface area contributed by atoms with Crippen LogP contribution in [0, 0.1) is 0 Å². The second-order valence-electron chi connectivity index (χ2n) is 5.94. The zero-order valence-corrected chi connectivity index (χ0v) is 14.2. The summed E-state index contributed by atoms with van der Waals surface area (Å²) in [5, 5.41) is 8.93. The van der Waals surface area contributed by atoms with Gasteiger partial charge >= 0.3 is 5.97 Å². The number of carboxylic acids is 1. The molecule has 1 N–H and O–H groups in total. The van der Waals surface area contributed by atoms with Gasteiger partial charge in [0.1, 0.15) is 0 Å². The fourth-order valence-electron chi connectivity index (χ4n) is 2.82. The van der Waals surface area contributed by atoms with Gasteiger partial charge in [0.15, 0.2) is 5.78 Å². The Bertz CT molecular complexity index is 986. The number of carbonyl (C=O) groups is 3.